The highest BCUT2D eigenvalue weighted by molar-refractivity contribution is 6.09. The van der Waals surface area contributed by atoms with Crippen molar-refractivity contribution in [3.8, 4) is 22.8 Å². The second kappa shape index (κ2) is 8.53. The standard InChI is InChI=1S/C32H25N9/c1-5-21-22-6-2-20(32-39-24-8-4-18(16-28(24)41-32)30-35-11-12-36-30)14-26(22)37-25(21)13-19(1)31-38-23-7-3-17(15-27(23)40-31)29-33-9-10-34-29/h1-8,13-16,37H,9-12H2,(H,33,34)(H,35,36)(H,38,40)(H,39,41). The number of nitrogens with one attached hydrogen (secondary N) is 5. The normalized spacial score (nSPS) is 15.1. The smallest absolute Gasteiger partial charge is 0.138 e. The van der Waals surface area contributed by atoms with Gasteiger partial charge in [-0.1, -0.05) is 24.3 Å². The fourth-order valence-electron chi connectivity index (χ4n) is 5.97. The molecule has 9 heteroatoms. The first-order valence-corrected chi connectivity index (χ1v) is 13.9. The van der Waals surface area contributed by atoms with Crippen molar-refractivity contribution in [1.29, 1.82) is 0 Å². The van der Waals surface area contributed by atoms with Crippen LogP contribution in [0.1, 0.15) is 11.1 Å². The number of rotatable bonds is 4. The summed E-state index contributed by atoms with van der Waals surface area (Å²) in [6.07, 6.45) is 0. The highest BCUT2D eigenvalue weighted by Gasteiger charge is 2.15. The Balaban J connectivity index is 1.07. The van der Waals surface area contributed by atoms with E-state index in [0.717, 1.165) is 105 Å². The highest BCUT2D eigenvalue weighted by Crippen LogP contribution is 2.32. The van der Waals surface area contributed by atoms with Crippen LogP contribution in [0.2, 0.25) is 0 Å². The van der Waals surface area contributed by atoms with E-state index in [1.807, 2.05) is 0 Å². The van der Waals surface area contributed by atoms with Crippen molar-refractivity contribution in [1.82, 2.24) is 35.6 Å². The molecular formula is C32H25N9. The molecule has 2 aliphatic heterocycles. The van der Waals surface area contributed by atoms with Crippen molar-refractivity contribution < 1.29 is 0 Å². The summed E-state index contributed by atoms with van der Waals surface area (Å²) in [4.78, 5) is 29.5. The Labute approximate surface area is 233 Å². The number of hydrogen-bond acceptors (Lipinski definition) is 6. The van der Waals surface area contributed by atoms with Gasteiger partial charge in [-0.3, -0.25) is 9.98 Å². The number of amidine groups is 2. The van der Waals surface area contributed by atoms with Gasteiger partial charge in [-0.25, -0.2) is 9.97 Å². The second-order valence-corrected chi connectivity index (χ2v) is 10.6. The van der Waals surface area contributed by atoms with Crippen LogP contribution >= 0.6 is 0 Å². The summed E-state index contributed by atoms with van der Waals surface area (Å²) in [7, 11) is 0. The molecule has 0 unspecified atom stereocenters. The molecule has 0 spiro atoms. The van der Waals surface area contributed by atoms with Crippen molar-refractivity contribution in [3.05, 3.63) is 83.9 Å². The van der Waals surface area contributed by atoms with Crippen molar-refractivity contribution >= 4 is 55.5 Å². The van der Waals surface area contributed by atoms with E-state index in [0.29, 0.717) is 0 Å². The van der Waals surface area contributed by atoms with E-state index < -0.39 is 0 Å². The molecule has 2 aliphatic rings. The molecule has 0 aliphatic carbocycles. The fraction of sp³-hybridized carbons (Fsp3) is 0.125. The average Bonchev–Trinajstić information content (AvgIpc) is 3.83. The molecule has 0 bridgehead atoms. The number of aromatic amines is 3. The van der Waals surface area contributed by atoms with Gasteiger partial charge in [-0.15, -0.1) is 0 Å². The minimum absolute atomic E-state index is 0.818. The van der Waals surface area contributed by atoms with Gasteiger partial charge in [0.05, 0.1) is 35.2 Å². The number of hydrogen-bond donors (Lipinski definition) is 5. The van der Waals surface area contributed by atoms with Gasteiger partial charge in [-0.2, -0.15) is 0 Å². The summed E-state index contributed by atoms with van der Waals surface area (Å²) in [5, 5.41) is 9.03. The SMILES string of the molecule is c1cc2[nH]c(-c3ccc4c(c3)[nH]c3cc(-c5nc6cc(C7=NCCN7)ccc6[nH]5)ccc34)nc2cc1C1=NCCN1. The monoisotopic (exact) mass is 535 g/mol. The quantitative estimate of drug-likeness (QED) is 0.215. The van der Waals surface area contributed by atoms with Gasteiger partial charge in [0.25, 0.3) is 0 Å². The zero-order valence-corrected chi connectivity index (χ0v) is 22.0. The molecular weight excluding hydrogens is 510 g/mol. The number of fused-ring (bicyclic) bond motifs is 5. The number of imidazole rings is 2. The Morgan fingerprint density at radius 3 is 1.41 bits per heavy atom. The number of nitrogens with zero attached hydrogens (tertiary/aromatic N) is 4. The van der Waals surface area contributed by atoms with Crippen LogP contribution in [0.3, 0.4) is 0 Å². The van der Waals surface area contributed by atoms with Crippen molar-refractivity contribution in [3.63, 3.8) is 0 Å². The summed E-state index contributed by atoms with van der Waals surface area (Å²) < 4.78 is 0. The van der Waals surface area contributed by atoms with Crippen molar-refractivity contribution in [2.75, 3.05) is 26.2 Å². The summed E-state index contributed by atoms with van der Waals surface area (Å²) in [5.74, 6) is 3.58. The van der Waals surface area contributed by atoms with E-state index in [1.165, 1.54) is 10.8 Å². The first kappa shape index (κ1) is 22.4. The molecule has 41 heavy (non-hydrogen) atoms. The van der Waals surface area contributed by atoms with E-state index in [-0.39, 0.29) is 0 Å². The van der Waals surface area contributed by atoms with Gasteiger partial charge in [0, 0.05) is 57.1 Å². The number of aromatic nitrogens is 5. The molecule has 4 aromatic carbocycles. The predicted octanol–water partition coefficient (Wildman–Crippen LogP) is 5.11. The third-order valence-corrected chi connectivity index (χ3v) is 8.01. The lowest BCUT2D eigenvalue weighted by molar-refractivity contribution is 0.960. The first-order chi connectivity index (χ1) is 20.2. The Morgan fingerprint density at radius 1 is 0.463 bits per heavy atom. The fourth-order valence-corrected chi connectivity index (χ4v) is 5.97. The zero-order valence-electron chi connectivity index (χ0n) is 22.0. The van der Waals surface area contributed by atoms with E-state index >= 15 is 0 Å². The summed E-state index contributed by atoms with van der Waals surface area (Å²) in [5.41, 5.74) is 10.2. The maximum absolute atomic E-state index is 4.91. The van der Waals surface area contributed by atoms with Gasteiger partial charge in [0.2, 0.25) is 0 Å². The maximum atomic E-state index is 4.91. The minimum Gasteiger partial charge on any atom is -0.368 e. The lowest BCUT2D eigenvalue weighted by atomic mass is 10.1. The van der Waals surface area contributed by atoms with Crippen molar-refractivity contribution in [2.45, 2.75) is 0 Å². The maximum Gasteiger partial charge on any atom is 0.138 e. The topological polar surface area (TPSA) is 122 Å². The molecule has 9 nitrogen and oxygen atoms in total. The summed E-state index contributed by atoms with van der Waals surface area (Å²) >= 11 is 0. The molecule has 7 aromatic rings. The predicted molar refractivity (Wildman–Crippen MR) is 165 cm³/mol. The molecule has 0 saturated heterocycles. The van der Waals surface area contributed by atoms with Crippen LogP contribution < -0.4 is 10.6 Å². The Bertz CT molecular complexity index is 2070. The molecule has 0 fully saturated rings. The summed E-state index contributed by atoms with van der Waals surface area (Å²) in [6.45, 7) is 3.41. The lowest BCUT2D eigenvalue weighted by Crippen LogP contribution is -2.19. The van der Waals surface area contributed by atoms with E-state index in [9.17, 15) is 0 Å². The number of benzene rings is 4. The van der Waals surface area contributed by atoms with Crippen LogP contribution in [0.5, 0.6) is 0 Å². The zero-order chi connectivity index (χ0) is 26.9. The molecule has 0 saturated carbocycles. The van der Waals surface area contributed by atoms with Crippen LogP contribution in [0.4, 0.5) is 0 Å². The molecule has 3 aromatic heterocycles. The highest BCUT2D eigenvalue weighted by atomic mass is 15.1. The number of aliphatic imine (C=N–C) groups is 2. The van der Waals surface area contributed by atoms with Gasteiger partial charge >= 0.3 is 0 Å². The summed E-state index contributed by atoms with van der Waals surface area (Å²) in [6, 6.07) is 25.4. The third kappa shape index (κ3) is 3.62. The Morgan fingerprint density at radius 2 is 0.951 bits per heavy atom. The van der Waals surface area contributed by atoms with Crippen LogP contribution in [0, 0.1) is 0 Å². The minimum atomic E-state index is 0.818. The molecule has 5 N–H and O–H groups in total. The van der Waals surface area contributed by atoms with Gasteiger partial charge < -0.3 is 25.6 Å². The molecule has 198 valence electrons. The van der Waals surface area contributed by atoms with Gasteiger partial charge in [-0.05, 0) is 48.5 Å². The second-order valence-electron chi connectivity index (χ2n) is 10.6. The largest absolute Gasteiger partial charge is 0.368 e. The lowest BCUT2D eigenvalue weighted by Gasteiger charge is -2.01. The molecule has 0 amide bonds. The molecule has 5 heterocycles. The first-order valence-electron chi connectivity index (χ1n) is 13.9. The Kier molecular flexibility index (Phi) is 4.66. The van der Waals surface area contributed by atoms with Crippen molar-refractivity contribution in [2.24, 2.45) is 9.98 Å². The molecule has 0 radical (unpaired) electrons. The van der Waals surface area contributed by atoms with E-state index in [2.05, 4.69) is 108 Å². The van der Waals surface area contributed by atoms with E-state index in [1.54, 1.807) is 0 Å². The number of H-pyrrole nitrogens is 3. The van der Waals surface area contributed by atoms with Crippen LogP contribution in [-0.2, 0) is 0 Å². The molecule has 9 rings (SSSR count). The third-order valence-electron chi connectivity index (χ3n) is 8.01. The van der Waals surface area contributed by atoms with E-state index in [4.69, 9.17) is 9.97 Å². The van der Waals surface area contributed by atoms with Crippen LogP contribution in [0.25, 0.3) is 66.6 Å². The molecule has 0 atom stereocenters. The van der Waals surface area contributed by atoms with Gasteiger partial charge in [0.1, 0.15) is 23.3 Å². The average molecular weight is 536 g/mol. The Hall–Kier alpha value is -5.44. The van der Waals surface area contributed by atoms with Gasteiger partial charge in [0.15, 0.2) is 0 Å². The van der Waals surface area contributed by atoms with Crippen LogP contribution in [-0.4, -0.2) is 62.8 Å². The van der Waals surface area contributed by atoms with Crippen LogP contribution in [0.15, 0.2) is 82.8 Å².